The fourth-order valence-corrected chi connectivity index (χ4v) is 5.27. The van der Waals surface area contributed by atoms with Crippen molar-refractivity contribution in [3.05, 3.63) is 96.2 Å². The number of hydrogen-bond donors (Lipinski definition) is 0. The van der Waals surface area contributed by atoms with Crippen molar-refractivity contribution in [3.8, 4) is 0 Å². The third kappa shape index (κ3) is 4.95. The maximum atomic E-state index is 13.6. The molecule has 1 aliphatic heterocycles. The van der Waals surface area contributed by atoms with Crippen molar-refractivity contribution in [1.82, 2.24) is 4.57 Å². The molecule has 176 valence electrons. The summed E-state index contributed by atoms with van der Waals surface area (Å²) >= 11 is 2.99. The van der Waals surface area contributed by atoms with Gasteiger partial charge >= 0.3 is 5.97 Å². The number of carbonyl (C=O) groups is 1. The zero-order valence-corrected chi connectivity index (χ0v) is 21.6. The second kappa shape index (κ2) is 10.2. The number of allylic oxidation sites excluding steroid dienone is 1. The molecular weight excluding hydrogens is 464 g/mol. The van der Waals surface area contributed by atoms with Crippen molar-refractivity contribution in [2.24, 2.45) is 10.9 Å². The second-order valence-electron chi connectivity index (χ2n) is 8.76. The smallest absolute Gasteiger partial charge is 0.338 e. The van der Waals surface area contributed by atoms with Crippen LogP contribution in [0.5, 0.6) is 0 Å². The molecule has 4 rings (SSSR count). The lowest BCUT2D eigenvalue weighted by atomic mass is 9.96. The molecule has 0 bridgehead atoms. The molecule has 2 aromatic carbocycles. The van der Waals surface area contributed by atoms with Crippen LogP contribution in [0.3, 0.4) is 0 Å². The molecule has 1 atom stereocenters. The Morgan fingerprint density at radius 1 is 1.15 bits per heavy atom. The Labute approximate surface area is 207 Å². The van der Waals surface area contributed by atoms with Crippen LogP contribution in [-0.4, -0.2) is 23.4 Å². The number of thiazole rings is 1. The number of carbonyl (C=O) groups excluding carboxylic acids is 1. The fourth-order valence-electron chi connectivity index (χ4n) is 3.82. The molecule has 0 fully saturated rings. The molecule has 0 spiro atoms. The van der Waals surface area contributed by atoms with Crippen LogP contribution in [0.15, 0.2) is 74.5 Å². The maximum Gasteiger partial charge on any atom is 0.338 e. The van der Waals surface area contributed by atoms with Gasteiger partial charge in [-0.15, -0.1) is 11.8 Å². The molecule has 1 aromatic heterocycles. The van der Waals surface area contributed by atoms with Crippen LogP contribution >= 0.6 is 23.1 Å². The van der Waals surface area contributed by atoms with Gasteiger partial charge in [0.15, 0.2) is 4.80 Å². The molecule has 5 nitrogen and oxygen atoms in total. The van der Waals surface area contributed by atoms with Gasteiger partial charge in [-0.05, 0) is 55.4 Å². The molecule has 34 heavy (non-hydrogen) atoms. The van der Waals surface area contributed by atoms with E-state index in [0.717, 1.165) is 21.6 Å². The average Bonchev–Trinajstić information content (AvgIpc) is 3.12. The minimum Gasteiger partial charge on any atom is -0.462 e. The van der Waals surface area contributed by atoms with Crippen molar-refractivity contribution in [2.45, 2.75) is 38.6 Å². The SMILES string of the molecule is CSc1ccc(C2C(C(=O)OCC(C)C)=C(C)N=c3s/c(=C/c4ccc(C)cc4)c(=O)n32)cc1. The largest absolute Gasteiger partial charge is 0.462 e. The Bertz CT molecular complexity index is 1410. The number of esters is 1. The molecule has 2 heterocycles. The lowest BCUT2D eigenvalue weighted by Crippen LogP contribution is -2.40. The molecule has 0 radical (unpaired) electrons. The zero-order chi connectivity index (χ0) is 24.4. The normalized spacial score (nSPS) is 15.9. The van der Waals surface area contributed by atoms with Gasteiger partial charge in [-0.3, -0.25) is 9.36 Å². The van der Waals surface area contributed by atoms with Gasteiger partial charge in [0.25, 0.3) is 5.56 Å². The minimum atomic E-state index is -0.591. The Kier molecular flexibility index (Phi) is 7.24. The monoisotopic (exact) mass is 492 g/mol. The Morgan fingerprint density at radius 2 is 1.82 bits per heavy atom. The Morgan fingerprint density at radius 3 is 2.44 bits per heavy atom. The van der Waals surface area contributed by atoms with Gasteiger partial charge in [-0.25, -0.2) is 9.79 Å². The number of aryl methyl sites for hydroxylation is 1. The summed E-state index contributed by atoms with van der Waals surface area (Å²) in [6, 6.07) is 15.4. The Hall–Kier alpha value is -2.90. The summed E-state index contributed by atoms with van der Waals surface area (Å²) in [4.78, 5) is 33.2. The first-order valence-corrected chi connectivity index (χ1v) is 13.2. The van der Waals surface area contributed by atoms with Gasteiger partial charge in [0.05, 0.1) is 28.5 Å². The number of fused-ring (bicyclic) bond motifs is 1. The van der Waals surface area contributed by atoms with Gasteiger partial charge in [-0.1, -0.05) is 67.1 Å². The van der Waals surface area contributed by atoms with E-state index in [-0.39, 0.29) is 11.5 Å². The van der Waals surface area contributed by atoms with Crippen molar-refractivity contribution >= 4 is 35.1 Å². The second-order valence-corrected chi connectivity index (χ2v) is 10.6. The van der Waals surface area contributed by atoms with Crippen molar-refractivity contribution in [1.29, 1.82) is 0 Å². The predicted octanol–water partition coefficient (Wildman–Crippen LogP) is 4.46. The highest BCUT2D eigenvalue weighted by Crippen LogP contribution is 2.31. The van der Waals surface area contributed by atoms with E-state index < -0.39 is 12.0 Å². The van der Waals surface area contributed by atoms with Crippen LogP contribution in [0.1, 0.15) is 43.5 Å². The molecule has 0 N–H and O–H groups in total. The predicted molar refractivity (Wildman–Crippen MR) is 139 cm³/mol. The minimum absolute atomic E-state index is 0.162. The summed E-state index contributed by atoms with van der Waals surface area (Å²) in [5, 5.41) is 0. The first-order chi connectivity index (χ1) is 16.3. The molecule has 0 saturated heterocycles. The maximum absolute atomic E-state index is 13.6. The number of ether oxygens (including phenoxy) is 1. The van der Waals surface area contributed by atoms with Crippen LogP contribution in [0.25, 0.3) is 6.08 Å². The number of rotatable bonds is 6. The van der Waals surface area contributed by atoms with Crippen molar-refractivity contribution in [2.75, 3.05) is 12.9 Å². The van der Waals surface area contributed by atoms with Crippen LogP contribution < -0.4 is 14.9 Å². The molecule has 0 saturated carbocycles. The molecule has 0 aliphatic carbocycles. The molecular formula is C27H28N2O3S2. The van der Waals surface area contributed by atoms with Crippen molar-refractivity contribution < 1.29 is 9.53 Å². The first-order valence-electron chi connectivity index (χ1n) is 11.2. The summed E-state index contributed by atoms with van der Waals surface area (Å²) in [5.74, 6) is -0.221. The zero-order valence-electron chi connectivity index (χ0n) is 20.0. The summed E-state index contributed by atoms with van der Waals surface area (Å²) < 4.78 is 7.82. The van der Waals surface area contributed by atoms with E-state index in [1.807, 2.05) is 88.6 Å². The quantitative estimate of drug-likeness (QED) is 0.376. The fraction of sp³-hybridized carbons (Fsp3) is 0.296. The summed E-state index contributed by atoms with van der Waals surface area (Å²) in [7, 11) is 0. The van der Waals surface area contributed by atoms with Gasteiger partial charge in [0.2, 0.25) is 0 Å². The van der Waals surface area contributed by atoms with E-state index >= 15 is 0 Å². The summed E-state index contributed by atoms with van der Waals surface area (Å²) in [6.45, 7) is 8.14. The lowest BCUT2D eigenvalue weighted by Gasteiger charge is -2.25. The Balaban J connectivity index is 1.89. The van der Waals surface area contributed by atoms with E-state index in [2.05, 4.69) is 4.99 Å². The van der Waals surface area contributed by atoms with Crippen LogP contribution in [0, 0.1) is 12.8 Å². The topological polar surface area (TPSA) is 60.7 Å². The van der Waals surface area contributed by atoms with Gasteiger partial charge < -0.3 is 4.74 Å². The molecule has 0 amide bonds. The summed E-state index contributed by atoms with van der Waals surface area (Å²) in [6.07, 6.45) is 3.90. The van der Waals surface area contributed by atoms with E-state index in [1.54, 1.807) is 16.3 Å². The lowest BCUT2D eigenvalue weighted by molar-refractivity contribution is -0.140. The number of hydrogen-bond acceptors (Lipinski definition) is 6. The van der Waals surface area contributed by atoms with Crippen molar-refractivity contribution in [3.63, 3.8) is 0 Å². The number of benzene rings is 2. The van der Waals surface area contributed by atoms with E-state index in [1.165, 1.54) is 11.3 Å². The van der Waals surface area contributed by atoms with E-state index in [4.69, 9.17) is 4.74 Å². The van der Waals surface area contributed by atoms with Gasteiger partial charge in [-0.2, -0.15) is 0 Å². The number of nitrogens with zero attached hydrogens (tertiary/aromatic N) is 2. The highest BCUT2D eigenvalue weighted by Gasteiger charge is 2.33. The average molecular weight is 493 g/mol. The first kappa shape index (κ1) is 24.2. The highest BCUT2D eigenvalue weighted by atomic mass is 32.2. The van der Waals surface area contributed by atoms with E-state index in [9.17, 15) is 9.59 Å². The van der Waals surface area contributed by atoms with E-state index in [0.29, 0.717) is 27.2 Å². The van der Waals surface area contributed by atoms with Gasteiger partial charge in [0.1, 0.15) is 0 Å². The third-order valence-corrected chi connectivity index (χ3v) is 7.32. The number of thioether (sulfide) groups is 1. The van der Waals surface area contributed by atoms with Gasteiger partial charge in [0, 0.05) is 4.90 Å². The molecule has 1 unspecified atom stereocenters. The standard InChI is InChI=1S/C27H28N2O3S2/c1-16(2)15-32-26(31)23-18(4)28-27-29(24(23)20-10-12-21(33-5)13-11-20)25(30)22(34-27)14-19-8-6-17(3)7-9-19/h6-14,16,24H,15H2,1-5H3/b22-14+. The highest BCUT2D eigenvalue weighted by molar-refractivity contribution is 7.98. The number of aromatic nitrogens is 1. The summed E-state index contributed by atoms with van der Waals surface area (Å²) in [5.41, 5.74) is 3.79. The van der Waals surface area contributed by atoms with Crippen LogP contribution in [0.4, 0.5) is 0 Å². The molecule has 7 heteroatoms. The van der Waals surface area contributed by atoms with Crippen LogP contribution in [-0.2, 0) is 9.53 Å². The molecule has 1 aliphatic rings. The molecule has 3 aromatic rings. The van der Waals surface area contributed by atoms with Crippen LogP contribution in [0.2, 0.25) is 0 Å². The third-order valence-electron chi connectivity index (χ3n) is 5.60.